The third-order valence-corrected chi connectivity index (χ3v) is 6.35. The van der Waals surface area contributed by atoms with Gasteiger partial charge in [0.05, 0.1) is 12.2 Å². The van der Waals surface area contributed by atoms with Crippen molar-refractivity contribution in [2.45, 2.75) is 31.3 Å². The number of amides is 2. The summed E-state index contributed by atoms with van der Waals surface area (Å²) >= 11 is 0. The highest BCUT2D eigenvalue weighted by Gasteiger charge is 2.30. The summed E-state index contributed by atoms with van der Waals surface area (Å²) in [7, 11) is 0. The van der Waals surface area contributed by atoms with Gasteiger partial charge in [0.1, 0.15) is 29.2 Å². The quantitative estimate of drug-likeness (QED) is 0.347. The lowest BCUT2D eigenvalue weighted by atomic mass is 10.0. The van der Waals surface area contributed by atoms with Crippen LogP contribution in [-0.2, 0) is 11.2 Å². The van der Waals surface area contributed by atoms with E-state index in [0.29, 0.717) is 24.4 Å². The number of aliphatic carboxylic acids is 1. The van der Waals surface area contributed by atoms with Crippen LogP contribution in [0.3, 0.4) is 0 Å². The Kier molecular flexibility index (Phi) is 6.67. The van der Waals surface area contributed by atoms with Crippen molar-refractivity contribution in [1.29, 1.82) is 0 Å². The molecule has 3 heterocycles. The van der Waals surface area contributed by atoms with Crippen LogP contribution in [0.25, 0.3) is 5.65 Å². The molecule has 2 atom stereocenters. The lowest BCUT2D eigenvalue weighted by molar-refractivity contribution is -0.139. The van der Waals surface area contributed by atoms with E-state index in [9.17, 15) is 23.5 Å². The fourth-order valence-corrected chi connectivity index (χ4v) is 4.61. The molecule has 2 aromatic heterocycles. The normalized spacial score (nSPS) is 16.1. The van der Waals surface area contributed by atoms with Gasteiger partial charge < -0.3 is 20.6 Å². The largest absolute Gasteiger partial charge is 0.480 e. The molecule has 1 fully saturated rings. The van der Waals surface area contributed by atoms with Gasteiger partial charge in [0.2, 0.25) is 0 Å². The van der Waals surface area contributed by atoms with E-state index in [1.807, 2.05) is 11.0 Å². The molecule has 11 heteroatoms. The van der Waals surface area contributed by atoms with Crippen LogP contribution < -0.4 is 15.5 Å². The summed E-state index contributed by atoms with van der Waals surface area (Å²) in [6.45, 7) is 0.598. The second kappa shape index (κ2) is 10.2. The highest BCUT2D eigenvalue weighted by molar-refractivity contribution is 5.95. The van der Waals surface area contributed by atoms with E-state index in [2.05, 4.69) is 20.7 Å². The number of carboxylic acids is 1. The summed E-state index contributed by atoms with van der Waals surface area (Å²) in [5.41, 5.74) is 1.64. The zero-order valence-corrected chi connectivity index (χ0v) is 19.6. The molecule has 0 aliphatic carbocycles. The first-order valence-corrected chi connectivity index (χ1v) is 11.8. The van der Waals surface area contributed by atoms with Crippen molar-refractivity contribution in [3.63, 3.8) is 0 Å². The van der Waals surface area contributed by atoms with Gasteiger partial charge in [-0.2, -0.15) is 5.10 Å². The fraction of sp³-hybridized carbons (Fsp3) is 0.231. The number of anilines is 2. The Labute approximate surface area is 210 Å². The van der Waals surface area contributed by atoms with E-state index in [1.165, 1.54) is 16.8 Å². The van der Waals surface area contributed by atoms with Crippen LogP contribution in [-0.4, -0.2) is 44.3 Å². The maximum absolute atomic E-state index is 14.5. The van der Waals surface area contributed by atoms with E-state index in [-0.39, 0.29) is 23.7 Å². The first kappa shape index (κ1) is 24.2. The number of carboxylic acid groups (broad SMARTS) is 1. The predicted molar refractivity (Wildman–Crippen MR) is 132 cm³/mol. The van der Waals surface area contributed by atoms with E-state index in [1.54, 1.807) is 36.5 Å². The molecule has 4 aromatic rings. The van der Waals surface area contributed by atoms with Crippen molar-refractivity contribution >= 4 is 29.2 Å². The summed E-state index contributed by atoms with van der Waals surface area (Å²) in [5.74, 6) is -1.63. The maximum Gasteiger partial charge on any atom is 0.326 e. The number of carbonyl (C=O) groups is 2. The molecule has 0 unspecified atom stereocenters. The van der Waals surface area contributed by atoms with Gasteiger partial charge in [-0.1, -0.05) is 30.3 Å². The number of rotatable bonds is 7. The van der Waals surface area contributed by atoms with Gasteiger partial charge in [0.15, 0.2) is 5.65 Å². The molecule has 37 heavy (non-hydrogen) atoms. The third-order valence-electron chi connectivity index (χ3n) is 6.35. The van der Waals surface area contributed by atoms with Crippen LogP contribution in [0.1, 0.15) is 30.0 Å². The Morgan fingerprint density at radius 2 is 1.95 bits per heavy atom. The van der Waals surface area contributed by atoms with Crippen LogP contribution in [0.4, 0.5) is 25.1 Å². The highest BCUT2D eigenvalue weighted by Crippen LogP contribution is 2.37. The standard InChI is InChI=1S/C26H24F2N6O3/c27-17-8-9-19(28)18(14-17)22-7-4-11-33(22)23-10-12-34-24(32-23)21(15-29-34)31-26(37)30-20(25(35)36)13-16-5-2-1-3-6-16/h1-3,5-6,8-10,12,14-15,20,22H,4,7,11,13H2,(H,35,36)(H2,30,31,37)/t20-,22+/m0/s1. The zero-order valence-electron chi connectivity index (χ0n) is 19.6. The maximum atomic E-state index is 14.5. The Bertz CT molecular complexity index is 1450. The number of halogens is 2. The lowest BCUT2D eigenvalue weighted by Crippen LogP contribution is -2.44. The van der Waals surface area contributed by atoms with E-state index < -0.39 is 29.7 Å². The number of carbonyl (C=O) groups excluding carboxylic acids is 1. The number of hydrogen-bond donors (Lipinski definition) is 3. The first-order valence-electron chi connectivity index (χ1n) is 11.8. The monoisotopic (exact) mass is 506 g/mol. The molecule has 1 aliphatic heterocycles. The van der Waals surface area contributed by atoms with Crippen LogP contribution in [0, 0.1) is 11.6 Å². The van der Waals surface area contributed by atoms with E-state index >= 15 is 0 Å². The summed E-state index contributed by atoms with van der Waals surface area (Å²) in [6, 6.07) is 11.9. The number of aromatic nitrogens is 3. The van der Waals surface area contributed by atoms with E-state index in [4.69, 9.17) is 0 Å². The summed E-state index contributed by atoms with van der Waals surface area (Å²) in [5, 5.41) is 18.9. The molecule has 1 aliphatic rings. The molecule has 190 valence electrons. The van der Waals surface area contributed by atoms with Gasteiger partial charge in [-0.3, -0.25) is 0 Å². The van der Waals surface area contributed by atoms with Gasteiger partial charge in [-0.25, -0.2) is 27.9 Å². The van der Waals surface area contributed by atoms with E-state index in [0.717, 1.165) is 24.1 Å². The summed E-state index contributed by atoms with van der Waals surface area (Å²) in [6.07, 6.45) is 4.60. The SMILES string of the molecule is O=C(Nc1cnn2ccc(N3CCC[C@@H]3c3cc(F)ccc3F)nc12)N[C@@H](Cc1ccccc1)C(=O)O. The minimum Gasteiger partial charge on any atom is -0.480 e. The predicted octanol–water partition coefficient (Wildman–Crippen LogP) is 4.17. The molecule has 2 amide bonds. The Morgan fingerprint density at radius 3 is 2.73 bits per heavy atom. The Morgan fingerprint density at radius 1 is 1.14 bits per heavy atom. The Balaban J connectivity index is 1.35. The van der Waals surface area contributed by atoms with Gasteiger partial charge in [-0.05, 0) is 42.7 Å². The molecule has 9 nitrogen and oxygen atoms in total. The van der Waals surface area contributed by atoms with Crippen LogP contribution in [0.5, 0.6) is 0 Å². The van der Waals surface area contributed by atoms with Crippen LogP contribution in [0.15, 0.2) is 67.0 Å². The molecule has 0 spiro atoms. The molecule has 2 aromatic carbocycles. The van der Waals surface area contributed by atoms with Gasteiger partial charge in [0.25, 0.3) is 0 Å². The number of nitrogens with one attached hydrogen (secondary N) is 2. The smallest absolute Gasteiger partial charge is 0.326 e. The molecule has 0 bridgehead atoms. The van der Waals surface area contributed by atoms with Crippen molar-refractivity contribution in [1.82, 2.24) is 19.9 Å². The van der Waals surface area contributed by atoms with Gasteiger partial charge >= 0.3 is 12.0 Å². The van der Waals surface area contributed by atoms with Crippen LogP contribution >= 0.6 is 0 Å². The minimum atomic E-state index is -1.16. The van der Waals surface area contributed by atoms with Crippen molar-refractivity contribution in [3.8, 4) is 0 Å². The zero-order chi connectivity index (χ0) is 25.9. The number of fused-ring (bicyclic) bond motifs is 1. The molecule has 3 N–H and O–H groups in total. The summed E-state index contributed by atoms with van der Waals surface area (Å²) in [4.78, 5) is 30.9. The van der Waals surface area contributed by atoms with Crippen molar-refractivity contribution in [2.24, 2.45) is 0 Å². The topological polar surface area (TPSA) is 112 Å². The van der Waals surface area contributed by atoms with Gasteiger partial charge in [0, 0.05) is 24.7 Å². The van der Waals surface area contributed by atoms with Crippen molar-refractivity contribution in [2.75, 3.05) is 16.8 Å². The second-order valence-corrected chi connectivity index (χ2v) is 8.81. The molecule has 0 saturated carbocycles. The second-order valence-electron chi connectivity index (χ2n) is 8.81. The average Bonchev–Trinajstić information content (AvgIpc) is 3.53. The number of nitrogens with zero attached hydrogens (tertiary/aromatic N) is 4. The average molecular weight is 507 g/mol. The molecule has 5 rings (SSSR count). The highest BCUT2D eigenvalue weighted by atomic mass is 19.1. The molecular weight excluding hydrogens is 482 g/mol. The number of benzene rings is 2. The third kappa shape index (κ3) is 5.20. The molecule has 0 radical (unpaired) electrons. The first-order chi connectivity index (χ1) is 17.9. The van der Waals surface area contributed by atoms with Crippen LogP contribution in [0.2, 0.25) is 0 Å². The number of urea groups is 1. The molecule has 1 saturated heterocycles. The van der Waals surface area contributed by atoms with Crippen molar-refractivity contribution < 1.29 is 23.5 Å². The Hall–Kier alpha value is -4.54. The number of hydrogen-bond acceptors (Lipinski definition) is 5. The fourth-order valence-electron chi connectivity index (χ4n) is 4.61. The lowest BCUT2D eigenvalue weighted by Gasteiger charge is -2.26. The van der Waals surface area contributed by atoms with Gasteiger partial charge in [-0.15, -0.1) is 0 Å². The minimum absolute atomic E-state index is 0.119. The molecular formula is C26H24F2N6O3. The summed E-state index contributed by atoms with van der Waals surface area (Å²) < 4.78 is 29.8. The van der Waals surface area contributed by atoms with Crippen molar-refractivity contribution in [3.05, 3.63) is 89.8 Å².